The number of amides is 2. The molecule has 3 aliphatic rings. The molecule has 0 radical (unpaired) electrons. The van der Waals surface area contributed by atoms with Crippen molar-refractivity contribution in [2.24, 2.45) is 28.1 Å². The van der Waals surface area contributed by atoms with Gasteiger partial charge in [0, 0.05) is 23.3 Å². The number of rotatable bonds is 9. The maximum absolute atomic E-state index is 13.4. The van der Waals surface area contributed by atoms with E-state index in [0.29, 0.717) is 42.3 Å². The number of hydrogen-bond acceptors (Lipinski definition) is 6. The van der Waals surface area contributed by atoms with Crippen LogP contribution in [0.15, 0.2) is 72.2 Å². The number of nitrogens with two attached hydrogens (primary N) is 3. The number of fused-ring (bicyclic) bond motifs is 3. The number of aryl methyl sites for hydroxylation is 3. The lowest BCUT2D eigenvalue weighted by Gasteiger charge is -2.38. The fourth-order valence-electron chi connectivity index (χ4n) is 7.47. The maximum atomic E-state index is 13.4. The van der Waals surface area contributed by atoms with Gasteiger partial charge in [0.05, 0.1) is 23.7 Å². The molecule has 1 aliphatic heterocycles. The molecule has 2 fully saturated rings. The van der Waals surface area contributed by atoms with Crippen molar-refractivity contribution >= 4 is 29.0 Å². The highest BCUT2D eigenvalue weighted by Gasteiger charge is 2.54. The summed E-state index contributed by atoms with van der Waals surface area (Å²) in [5.41, 5.74) is 25.6. The maximum Gasteiger partial charge on any atom is 0.248 e. The Labute approximate surface area is 270 Å². The van der Waals surface area contributed by atoms with Crippen molar-refractivity contribution < 1.29 is 9.59 Å². The standard InChI is InChI=1S/C37H41N7O2/c1-21-4-10-29(11-5-21)43-36(41)37(18-22(2)42-20-34(45)44-30(19-38)16-28-17-33(28)44)31-12-8-24(23(3)39)14-25(31)6-7-26-15-27(35(40)46)9-13-32(26)37/h4-5,8-15,22,28,30,33,42H,3,6-7,16-18,20,39H2,1-2H3,(H2,40,46)(H2,41,43)/t22-,28-,30?,33?,37?/m1/s1. The molecule has 0 spiro atoms. The zero-order chi connectivity index (χ0) is 32.7. The molecule has 5 atom stereocenters. The summed E-state index contributed by atoms with van der Waals surface area (Å²) in [6.07, 6.45) is 3.53. The van der Waals surface area contributed by atoms with Gasteiger partial charge in [-0.2, -0.15) is 5.26 Å². The van der Waals surface area contributed by atoms with Gasteiger partial charge in [-0.3, -0.25) is 9.59 Å². The van der Waals surface area contributed by atoms with E-state index in [1.165, 1.54) is 0 Å². The molecule has 236 valence electrons. The normalized spacial score (nSPS) is 23.7. The highest BCUT2D eigenvalue weighted by Crippen LogP contribution is 2.48. The lowest BCUT2D eigenvalue weighted by molar-refractivity contribution is -0.131. The Kier molecular flexibility index (Phi) is 8.17. The summed E-state index contributed by atoms with van der Waals surface area (Å²) in [5.74, 6) is 0.294. The number of hydrogen-bond donors (Lipinski definition) is 4. The van der Waals surface area contributed by atoms with E-state index in [2.05, 4.69) is 30.1 Å². The summed E-state index contributed by atoms with van der Waals surface area (Å²) < 4.78 is 0. The second-order valence-electron chi connectivity index (χ2n) is 13.1. The zero-order valence-electron chi connectivity index (χ0n) is 26.4. The van der Waals surface area contributed by atoms with Gasteiger partial charge < -0.3 is 27.4 Å². The van der Waals surface area contributed by atoms with Gasteiger partial charge >= 0.3 is 0 Å². The number of primary amides is 1. The van der Waals surface area contributed by atoms with Crippen LogP contribution in [-0.4, -0.2) is 47.2 Å². The molecule has 0 aromatic heterocycles. The van der Waals surface area contributed by atoms with Crippen LogP contribution in [0.1, 0.15) is 69.9 Å². The predicted molar refractivity (Wildman–Crippen MR) is 180 cm³/mol. The molecule has 2 amide bonds. The molecule has 1 saturated carbocycles. The van der Waals surface area contributed by atoms with Crippen LogP contribution in [0.2, 0.25) is 0 Å². The van der Waals surface area contributed by atoms with Gasteiger partial charge in [-0.05, 0) is 110 Å². The first-order chi connectivity index (χ1) is 22.0. The first-order valence-electron chi connectivity index (χ1n) is 15.9. The topological polar surface area (TPSA) is 164 Å². The van der Waals surface area contributed by atoms with Crippen LogP contribution in [-0.2, 0) is 23.1 Å². The van der Waals surface area contributed by atoms with Crippen molar-refractivity contribution in [1.29, 1.82) is 5.26 Å². The Balaban J connectivity index is 1.46. The van der Waals surface area contributed by atoms with Crippen molar-refractivity contribution in [1.82, 2.24) is 10.2 Å². The lowest BCUT2D eigenvalue weighted by Crippen LogP contribution is -2.49. The smallest absolute Gasteiger partial charge is 0.248 e. The number of nitrogens with one attached hydrogen (secondary N) is 1. The van der Waals surface area contributed by atoms with E-state index in [9.17, 15) is 14.9 Å². The first-order valence-corrected chi connectivity index (χ1v) is 15.9. The molecule has 1 saturated heterocycles. The molecule has 9 nitrogen and oxygen atoms in total. The molecule has 3 aromatic rings. The highest BCUT2D eigenvalue weighted by molar-refractivity contribution is 5.99. The molecule has 46 heavy (non-hydrogen) atoms. The Hall–Kier alpha value is -4.94. The summed E-state index contributed by atoms with van der Waals surface area (Å²) in [7, 11) is 0. The number of nitrogens with zero attached hydrogens (tertiary/aromatic N) is 3. The average molecular weight is 616 g/mol. The number of nitriles is 1. The molecular weight excluding hydrogens is 574 g/mol. The Morgan fingerprint density at radius 3 is 2.26 bits per heavy atom. The summed E-state index contributed by atoms with van der Waals surface area (Å²) in [5, 5.41) is 13.1. The molecule has 3 unspecified atom stereocenters. The first kappa shape index (κ1) is 31.1. The van der Waals surface area contributed by atoms with Crippen LogP contribution in [0.25, 0.3) is 5.70 Å². The van der Waals surface area contributed by atoms with E-state index in [4.69, 9.17) is 22.2 Å². The van der Waals surface area contributed by atoms with E-state index >= 15 is 0 Å². The summed E-state index contributed by atoms with van der Waals surface area (Å²) >= 11 is 0. The highest BCUT2D eigenvalue weighted by atomic mass is 16.2. The quantitative estimate of drug-likeness (QED) is 0.210. The van der Waals surface area contributed by atoms with Crippen LogP contribution in [0.5, 0.6) is 0 Å². The third-order valence-electron chi connectivity index (χ3n) is 9.93. The van der Waals surface area contributed by atoms with Gasteiger partial charge in [0.25, 0.3) is 0 Å². The average Bonchev–Trinajstić information content (AvgIpc) is 3.73. The minimum absolute atomic E-state index is 0.0578. The number of aliphatic imine (C=N–C) groups is 1. The predicted octanol–water partition coefficient (Wildman–Crippen LogP) is 3.98. The van der Waals surface area contributed by atoms with Crippen molar-refractivity contribution in [2.75, 3.05) is 6.54 Å². The van der Waals surface area contributed by atoms with Crippen LogP contribution in [0, 0.1) is 24.2 Å². The molecule has 9 heteroatoms. The van der Waals surface area contributed by atoms with E-state index in [1.807, 2.05) is 56.3 Å². The lowest BCUT2D eigenvalue weighted by atomic mass is 9.67. The number of carbonyl (C=O) groups is 2. The minimum atomic E-state index is -0.934. The third-order valence-corrected chi connectivity index (χ3v) is 9.93. The molecule has 3 aromatic carbocycles. The fraction of sp³-hybridized carbons (Fsp3) is 0.351. The molecular formula is C37H41N7O2. The third kappa shape index (κ3) is 5.65. The monoisotopic (exact) mass is 615 g/mol. The number of benzene rings is 3. The van der Waals surface area contributed by atoms with Crippen LogP contribution < -0.4 is 22.5 Å². The van der Waals surface area contributed by atoms with E-state index in [1.54, 1.807) is 11.0 Å². The number of carbonyl (C=O) groups excluding carboxylic acids is 2. The fourth-order valence-corrected chi connectivity index (χ4v) is 7.47. The van der Waals surface area contributed by atoms with Crippen molar-refractivity contribution in [3.63, 3.8) is 0 Å². The summed E-state index contributed by atoms with van der Waals surface area (Å²) in [6, 6.07) is 21.5. The number of piperidine rings is 1. The van der Waals surface area contributed by atoms with Gasteiger partial charge in [0.1, 0.15) is 11.9 Å². The van der Waals surface area contributed by atoms with Gasteiger partial charge in [0.2, 0.25) is 11.8 Å². The molecule has 0 bridgehead atoms. The van der Waals surface area contributed by atoms with Crippen molar-refractivity contribution in [2.45, 2.75) is 69.5 Å². The Morgan fingerprint density at radius 2 is 1.65 bits per heavy atom. The Morgan fingerprint density at radius 1 is 1.02 bits per heavy atom. The van der Waals surface area contributed by atoms with Crippen molar-refractivity contribution in [3.05, 3.63) is 106 Å². The molecule has 6 rings (SSSR count). The van der Waals surface area contributed by atoms with Crippen LogP contribution in [0.4, 0.5) is 5.69 Å². The van der Waals surface area contributed by atoms with E-state index < -0.39 is 11.3 Å². The largest absolute Gasteiger partial charge is 0.399 e. The van der Waals surface area contributed by atoms with E-state index in [-0.39, 0.29) is 30.6 Å². The van der Waals surface area contributed by atoms with E-state index in [0.717, 1.165) is 51.9 Å². The number of amidine groups is 1. The SMILES string of the molecule is C=C(N)c1ccc2c(c1)CCc1cc(C(N)=O)ccc1C2(C[C@@H](C)NCC(=O)N1C(C#N)C[C@@H]2CC21)C(N)=Nc1ccc(C)cc1. The summed E-state index contributed by atoms with van der Waals surface area (Å²) in [4.78, 5) is 32.4. The Bertz CT molecular complexity index is 1720. The second-order valence-corrected chi connectivity index (χ2v) is 13.1. The van der Waals surface area contributed by atoms with Gasteiger partial charge in [0.15, 0.2) is 0 Å². The second kappa shape index (κ2) is 12.1. The molecule has 7 N–H and O–H groups in total. The summed E-state index contributed by atoms with van der Waals surface area (Å²) in [6.45, 7) is 8.13. The van der Waals surface area contributed by atoms with Crippen LogP contribution in [0.3, 0.4) is 0 Å². The minimum Gasteiger partial charge on any atom is -0.399 e. The van der Waals surface area contributed by atoms with Crippen LogP contribution >= 0.6 is 0 Å². The zero-order valence-corrected chi connectivity index (χ0v) is 26.4. The molecule has 2 aliphatic carbocycles. The van der Waals surface area contributed by atoms with Gasteiger partial charge in [-0.25, -0.2) is 4.99 Å². The van der Waals surface area contributed by atoms with Crippen molar-refractivity contribution in [3.8, 4) is 6.07 Å². The van der Waals surface area contributed by atoms with Gasteiger partial charge in [-0.15, -0.1) is 0 Å². The molecule has 1 heterocycles. The number of likely N-dealkylation sites (tertiary alicyclic amines) is 1. The van der Waals surface area contributed by atoms with Gasteiger partial charge in [-0.1, -0.05) is 42.5 Å².